The van der Waals surface area contributed by atoms with Gasteiger partial charge in [0.1, 0.15) is 18.3 Å². The molecular weight excluding hydrogens is 493 g/mol. The van der Waals surface area contributed by atoms with Crippen molar-refractivity contribution in [3.05, 3.63) is 6.33 Å². The molecule has 0 amide bonds. The number of hydrogen-bond donors (Lipinski definition) is 7. The summed E-state index contributed by atoms with van der Waals surface area (Å²) in [4.78, 5) is 39.5. The van der Waals surface area contributed by atoms with E-state index < -0.39 is 54.6 Å². The number of aromatic nitrogens is 5. The number of nitrogen functional groups attached to an aromatic ring is 1. The molecule has 2 aromatic rings. The molecule has 19 nitrogen and oxygen atoms in total. The van der Waals surface area contributed by atoms with E-state index in [0.717, 1.165) is 10.9 Å². The fourth-order valence-electron chi connectivity index (χ4n) is 2.55. The number of nitrogens with zero attached hydrogens (tertiary/aromatic N) is 5. The Kier molecular flexibility index (Phi) is 6.63. The Bertz CT molecular complexity index is 1110. The first-order chi connectivity index (χ1) is 14.2. The Morgan fingerprint density at radius 1 is 1.06 bits per heavy atom. The molecule has 0 saturated carbocycles. The van der Waals surface area contributed by atoms with E-state index in [-0.39, 0.29) is 17.0 Å². The monoisotopic (exact) mass is 508 g/mol. The molecule has 6 atom stereocenters. The highest BCUT2D eigenvalue weighted by molar-refractivity contribution is 7.66. The zero-order chi connectivity index (χ0) is 23.2. The number of phosphoric acid groups is 3. The van der Waals surface area contributed by atoms with Crippen molar-refractivity contribution >= 4 is 40.4 Å². The van der Waals surface area contributed by atoms with Crippen molar-refractivity contribution in [1.82, 2.24) is 25.0 Å². The number of imidazole rings is 1. The lowest BCUT2D eigenvalue weighted by Gasteiger charge is -2.19. The number of ether oxygens (including phenoxy) is 1. The Labute approximate surface area is 170 Å². The van der Waals surface area contributed by atoms with Gasteiger partial charge in [0.25, 0.3) is 0 Å². The van der Waals surface area contributed by atoms with Gasteiger partial charge in [0.05, 0.1) is 12.9 Å². The molecule has 1 aliphatic rings. The van der Waals surface area contributed by atoms with Crippen LogP contribution < -0.4 is 5.73 Å². The van der Waals surface area contributed by atoms with Gasteiger partial charge in [-0.05, 0) is 5.21 Å². The van der Waals surface area contributed by atoms with Crippen LogP contribution in [0.5, 0.6) is 0 Å². The van der Waals surface area contributed by atoms with Crippen LogP contribution in [0.15, 0.2) is 6.33 Å². The van der Waals surface area contributed by atoms with Crippen LogP contribution >= 0.6 is 23.5 Å². The molecule has 2 unspecified atom stereocenters. The van der Waals surface area contributed by atoms with Crippen LogP contribution in [0.1, 0.15) is 6.23 Å². The minimum atomic E-state index is -5.71. The molecule has 0 aliphatic carbocycles. The summed E-state index contributed by atoms with van der Waals surface area (Å²) in [5.41, 5.74) is 5.77. The smallest absolute Gasteiger partial charge is 0.387 e. The molecule has 174 valence electrons. The lowest BCUT2D eigenvalue weighted by Crippen LogP contribution is -2.33. The summed E-state index contributed by atoms with van der Waals surface area (Å²) in [6, 6.07) is 0. The maximum atomic E-state index is 11.8. The summed E-state index contributed by atoms with van der Waals surface area (Å²) >= 11 is 0. The standard InChI is InChI=1S/C9H15N6O13P3/c10-7-4-8(13-14-12-7)15(2-11-4)9-6(17)5(16)3(26-9)1-25-30(21,22)28-31(23,24)27-29(18,19)20/h2-3,5-6,9,16-17H,1H2,(H,21,22)(H,23,24)(H2,10,12,13)(H2,18,19,20)/t3-,5-,6-,9-/m1/s1. The van der Waals surface area contributed by atoms with E-state index in [2.05, 4.69) is 33.5 Å². The number of aliphatic hydroxyl groups excluding tert-OH is 2. The first-order valence-corrected chi connectivity index (χ1v) is 12.3. The minimum Gasteiger partial charge on any atom is -0.387 e. The Balaban J connectivity index is 1.69. The first-order valence-electron chi connectivity index (χ1n) is 7.80. The number of aliphatic hydroxyl groups is 2. The van der Waals surface area contributed by atoms with E-state index in [1.54, 1.807) is 0 Å². The lowest BCUT2D eigenvalue weighted by atomic mass is 10.1. The van der Waals surface area contributed by atoms with E-state index in [4.69, 9.17) is 25.2 Å². The van der Waals surface area contributed by atoms with Gasteiger partial charge in [-0.25, -0.2) is 18.7 Å². The maximum Gasteiger partial charge on any atom is 0.490 e. The van der Waals surface area contributed by atoms with Crippen molar-refractivity contribution < 1.29 is 61.4 Å². The lowest BCUT2D eigenvalue weighted by molar-refractivity contribution is -0.0503. The van der Waals surface area contributed by atoms with Gasteiger partial charge >= 0.3 is 23.5 Å². The predicted molar refractivity (Wildman–Crippen MR) is 93.3 cm³/mol. The molecule has 1 saturated heterocycles. The predicted octanol–water partition coefficient (Wildman–Crippen LogP) is -2.23. The van der Waals surface area contributed by atoms with Crippen LogP contribution in [-0.4, -0.2) is 79.7 Å². The van der Waals surface area contributed by atoms with Crippen LogP contribution in [0.2, 0.25) is 0 Å². The Morgan fingerprint density at radius 2 is 1.74 bits per heavy atom. The SMILES string of the molecule is Nc1nnnc2c1ncn2[C@@H]1O[C@H](COP(=O)(O)OP(=O)(O)OP(=O)(O)O)[C@@H](O)[C@H]1O. The number of phosphoric ester groups is 1. The normalized spacial score (nSPS) is 28.5. The molecule has 31 heavy (non-hydrogen) atoms. The van der Waals surface area contributed by atoms with E-state index in [0.29, 0.717) is 0 Å². The molecule has 0 radical (unpaired) electrons. The van der Waals surface area contributed by atoms with Crippen molar-refractivity contribution in [2.75, 3.05) is 12.3 Å². The average molecular weight is 508 g/mol. The molecule has 0 bridgehead atoms. The number of anilines is 1. The molecule has 1 aliphatic heterocycles. The van der Waals surface area contributed by atoms with Gasteiger partial charge in [0.2, 0.25) is 0 Å². The van der Waals surface area contributed by atoms with Crippen LogP contribution in [0.4, 0.5) is 5.82 Å². The van der Waals surface area contributed by atoms with Crippen molar-refractivity contribution in [1.29, 1.82) is 0 Å². The van der Waals surface area contributed by atoms with E-state index in [1.807, 2.05) is 0 Å². The maximum absolute atomic E-state index is 11.8. The van der Waals surface area contributed by atoms with Gasteiger partial charge in [-0.3, -0.25) is 9.09 Å². The van der Waals surface area contributed by atoms with E-state index >= 15 is 0 Å². The van der Waals surface area contributed by atoms with Crippen LogP contribution in [0.25, 0.3) is 11.2 Å². The third kappa shape index (κ3) is 5.68. The van der Waals surface area contributed by atoms with Gasteiger partial charge < -0.3 is 40.3 Å². The summed E-state index contributed by atoms with van der Waals surface area (Å²) in [5.74, 6) is -0.0685. The van der Waals surface area contributed by atoms with Gasteiger partial charge in [0.15, 0.2) is 23.2 Å². The second kappa shape index (κ2) is 8.49. The molecule has 0 spiro atoms. The molecular formula is C9H15N6O13P3. The highest BCUT2D eigenvalue weighted by Crippen LogP contribution is 2.66. The fourth-order valence-corrected chi connectivity index (χ4v) is 5.58. The van der Waals surface area contributed by atoms with Crippen molar-refractivity contribution in [2.45, 2.75) is 24.5 Å². The number of rotatable bonds is 8. The highest BCUT2D eigenvalue weighted by atomic mass is 31.3. The Hall–Kier alpha value is -1.43. The molecule has 1 fully saturated rings. The van der Waals surface area contributed by atoms with Crippen LogP contribution in [0.3, 0.4) is 0 Å². The summed E-state index contributed by atoms with van der Waals surface area (Å²) < 4.78 is 51.7. The highest BCUT2D eigenvalue weighted by Gasteiger charge is 2.47. The van der Waals surface area contributed by atoms with E-state index in [1.165, 1.54) is 0 Å². The second-order valence-electron chi connectivity index (χ2n) is 5.93. The molecule has 0 aromatic carbocycles. The molecule has 3 heterocycles. The number of fused-ring (bicyclic) bond motifs is 1. The quantitative estimate of drug-likeness (QED) is 0.185. The number of nitrogens with two attached hydrogens (primary N) is 1. The molecule has 3 rings (SSSR count). The largest absolute Gasteiger partial charge is 0.490 e. The van der Waals surface area contributed by atoms with E-state index in [9.17, 15) is 28.8 Å². The molecule has 22 heteroatoms. The fraction of sp³-hybridized carbons (Fsp3) is 0.556. The second-order valence-corrected chi connectivity index (χ2v) is 10.4. The van der Waals surface area contributed by atoms with Crippen molar-refractivity contribution in [2.24, 2.45) is 0 Å². The zero-order valence-electron chi connectivity index (χ0n) is 14.8. The summed E-state index contributed by atoms with van der Waals surface area (Å²) in [5, 5.41) is 31.0. The van der Waals surface area contributed by atoms with Gasteiger partial charge in [-0.15, -0.1) is 10.2 Å². The minimum absolute atomic E-state index is 0.0392. The Morgan fingerprint density at radius 3 is 2.39 bits per heavy atom. The average Bonchev–Trinajstić information content (AvgIpc) is 3.13. The van der Waals surface area contributed by atoms with Gasteiger partial charge in [0, 0.05) is 0 Å². The first kappa shape index (κ1) is 24.2. The summed E-state index contributed by atoms with van der Waals surface area (Å²) in [6.45, 7) is -0.972. The molecule has 2 aromatic heterocycles. The summed E-state index contributed by atoms with van der Waals surface area (Å²) in [6.07, 6.45) is -4.96. The third-order valence-corrected chi connectivity index (χ3v) is 7.53. The third-order valence-electron chi connectivity index (χ3n) is 3.73. The summed E-state index contributed by atoms with van der Waals surface area (Å²) in [7, 11) is -16.7. The van der Waals surface area contributed by atoms with Crippen molar-refractivity contribution in [3.63, 3.8) is 0 Å². The molecule has 8 N–H and O–H groups in total. The number of hydrogen-bond acceptors (Lipinski definition) is 14. The van der Waals surface area contributed by atoms with Crippen molar-refractivity contribution in [3.8, 4) is 0 Å². The van der Waals surface area contributed by atoms with Crippen LogP contribution in [-0.2, 0) is 31.6 Å². The topological polar surface area (TPSA) is 292 Å². The van der Waals surface area contributed by atoms with Gasteiger partial charge in [-0.1, -0.05) is 0 Å². The zero-order valence-corrected chi connectivity index (χ0v) is 17.5. The van der Waals surface area contributed by atoms with Gasteiger partial charge in [-0.2, -0.15) is 8.62 Å². The van der Waals surface area contributed by atoms with Crippen LogP contribution in [0, 0.1) is 0 Å².